The highest BCUT2D eigenvalue weighted by atomic mass is 16.7. The van der Waals surface area contributed by atoms with Crippen molar-refractivity contribution in [2.75, 3.05) is 6.79 Å². The van der Waals surface area contributed by atoms with Crippen molar-refractivity contribution in [1.29, 1.82) is 0 Å². The molecule has 1 atom stereocenters. The van der Waals surface area contributed by atoms with Crippen molar-refractivity contribution in [3.05, 3.63) is 23.3 Å². The van der Waals surface area contributed by atoms with Crippen LogP contribution < -0.4 is 4.65 Å². The highest BCUT2D eigenvalue weighted by molar-refractivity contribution is 6.47. The van der Waals surface area contributed by atoms with Gasteiger partial charge in [-0.2, -0.15) is 0 Å². The molecule has 0 saturated heterocycles. The van der Waals surface area contributed by atoms with Crippen LogP contribution in [0.2, 0.25) is 5.82 Å². The van der Waals surface area contributed by atoms with Crippen LogP contribution in [0, 0.1) is 5.41 Å². The van der Waals surface area contributed by atoms with E-state index in [1.54, 1.807) is 20.8 Å². The fourth-order valence-electron chi connectivity index (χ4n) is 2.69. The Morgan fingerprint density at radius 3 is 2.52 bits per heavy atom. The number of ether oxygens (including phenoxy) is 2. The molecule has 2 rings (SSSR count). The van der Waals surface area contributed by atoms with E-state index in [9.17, 15) is 24.5 Å². The maximum atomic E-state index is 12.3. The molecule has 2 N–H and O–H groups in total. The molecule has 1 aromatic rings. The molecule has 0 bridgehead atoms. The summed E-state index contributed by atoms with van der Waals surface area (Å²) in [6.07, 6.45) is 0.364. The van der Waals surface area contributed by atoms with Gasteiger partial charge >= 0.3 is 19.1 Å². The van der Waals surface area contributed by atoms with Crippen molar-refractivity contribution in [2.24, 2.45) is 5.41 Å². The van der Waals surface area contributed by atoms with E-state index in [1.807, 2.05) is 0 Å². The van der Waals surface area contributed by atoms with Crippen LogP contribution in [-0.2, 0) is 25.5 Å². The first kappa shape index (κ1) is 20.8. The lowest BCUT2D eigenvalue weighted by Gasteiger charge is -2.28. The zero-order chi connectivity index (χ0) is 20.4. The highest BCUT2D eigenvalue weighted by Crippen LogP contribution is 2.38. The van der Waals surface area contributed by atoms with Gasteiger partial charge in [0.15, 0.2) is 0 Å². The number of fused-ring (bicyclic) bond motifs is 1. The number of carbonyl (C=O) groups excluding carboxylic acids is 3. The molecule has 0 spiro atoms. The van der Waals surface area contributed by atoms with Crippen molar-refractivity contribution in [3.8, 4) is 11.5 Å². The minimum Gasteiger partial charge on any atom is -0.535 e. The van der Waals surface area contributed by atoms with E-state index in [0.29, 0.717) is 5.56 Å². The second-order valence-corrected chi connectivity index (χ2v) is 7.59. The Balaban J connectivity index is 2.14. The number of phenols is 1. The Hall–Kier alpha value is -2.55. The van der Waals surface area contributed by atoms with Crippen LogP contribution in [-0.4, -0.2) is 41.8 Å². The van der Waals surface area contributed by atoms with Gasteiger partial charge in [-0.05, 0) is 51.8 Å². The normalized spacial score (nSPS) is 16.2. The summed E-state index contributed by atoms with van der Waals surface area (Å²) < 4.78 is 15.2. The standard InChI is InChI=1S/C18H23BO8/c1-10(20)5-12-6-11-7-13(21)8-14(15(11)27-19(12)24)16(22)25-9-26-17(23)18(2,3)4/h7-8,12,21,24H,5-6,9H2,1-4H3/t12-/m0/s1. The predicted octanol–water partition coefficient (Wildman–Crippen LogP) is 1.86. The summed E-state index contributed by atoms with van der Waals surface area (Å²) in [5, 5.41) is 20.0. The maximum Gasteiger partial charge on any atom is 0.526 e. The van der Waals surface area contributed by atoms with Crippen molar-refractivity contribution in [1.82, 2.24) is 0 Å². The van der Waals surface area contributed by atoms with Crippen LogP contribution in [0.1, 0.15) is 50.0 Å². The number of carbonyl (C=O) groups is 3. The molecule has 0 radical (unpaired) electrons. The molecule has 0 aliphatic carbocycles. The number of rotatable bonds is 5. The fraction of sp³-hybridized carbons (Fsp3) is 0.500. The molecule has 8 nitrogen and oxygen atoms in total. The van der Waals surface area contributed by atoms with Gasteiger partial charge in [-0.15, -0.1) is 0 Å². The van der Waals surface area contributed by atoms with Crippen LogP contribution in [0.25, 0.3) is 0 Å². The molecule has 1 aromatic carbocycles. The Labute approximate surface area is 157 Å². The largest absolute Gasteiger partial charge is 0.535 e. The van der Waals surface area contributed by atoms with E-state index < -0.39 is 37.1 Å². The van der Waals surface area contributed by atoms with Crippen molar-refractivity contribution >= 4 is 24.8 Å². The molecular formula is C18H23BO8. The van der Waals surface area contributed by atoms with Gasteiger partial charge in [-0.1, -0.05) is 0 Å². The molecule has 0 saturated carbocycles. The zero-order valence-corrected chi connectivity index (χ0v) is 15.8. The highest BCUT2D eigenvalue weighted by Gasteiger charge is 2.38. The Kier molecular flexibility index (Phi) is 6.15. The third kappa shape index (κ3) is 5.23. The van der Waals surface area contributed by atoms with Gasteiger partial charge in [0.25, 0.3) is 0 Å². The van der Waals surface area contributed by atoms with Crippen molar-refractivity contribution < 1.29 is 38.6 Å². The lowest BCUT2D eigenvalue weighted by Crippen LogP contribution is -2.35. The van der Waals surface area contributed by atoms with Gasteiger partial charge in [0, 0.05) is 12.2 Å². The molecule has 1 aliphatic rings. The number of aromatic hydroxyl groups is 1. The third-order valence-corrected chi connectivity index (χ3v) is 4.04. The monoisotopic (exact) mass is 378 g/mol. The van der Waals surface area contributed by atoms with Crippen molar-refractivity contribution in [2.45, 2.75) is 46.4 Å². The number of hydrogen-bond donors (Lipinski definition) is 2. The lowest BCUT2D eigenvalue weighted by molar-refractivity contribution is -0.161. The number of phenolic OH excluding ortho intramolecular Hbond substituents is 1. The molecule has 27 heavy (non-hydrogen) atoms. The van der Waals surface area contributed by atoms with E-state index in [2.05, 4.69) is 0 Å². The molecule has 1 aliphatic heterocycles. The number of hydrogen-bond acceptors (Lipinski definition) is 8. The van der Waals surface area contributed by atoms with E-state index >= 15 is 0 Å². The van der Waals surface area contributed by atoms with Crippen LogP contribution >= 0.6 is 0 Å². The number of Topliss-reactive ketones (excluding diaryl/α,β-unsaturated/α-hetero) is 1. The Bertz CT molecular complexity index is 752. The van der Waals surface area contributed by atoms with E-state index in [0.717, 1.165) is 6.07 Å². The molecule has 0 fully saturated rings. The first-order chi connectivity index (χ1) is 12.5. The summed E-state index contributed by atoms with van der Waals surface area (Å²) in [5.74, 6) is -2.10. The maximum absolute atomic E-state index is 12.3. The first-order valence-corrected chi connectivity index (χ1v) is 8.53. The zero-order valence-electron chi connectivity index (χ0n) is 15.8. The second-order valence-electron chi connectivity index (χ2n) is 7.59. The number of ketones is 1. The summed E-state index contributed by atoms with van der Waals surface area (Å²) in [7, 11) is -1.27. The van der Waals surface area contributed by atoms with Gasteiger partial charge in [0.05, 0.1) is 5.41 Å². The van der Waals surface area contributed by atoms with Crippen LogP contribution in [0.4, 0.5) is 0 Å². The van der Waals surface area contributed by atoms with Gasteiger partial charge < -0.3 is 29.1 Å². The Morgan fingerprint density at radius 1 is 1.26 bits per heavy atom. The van der Waals surface area contributed by atoms with Gasteiger partial charge in [-0.3, -0.25) is 4.79 Å². The molecule has 0 unspecified atom stereocenters. The first-order valence-electron chi connectivity index (χ1n) is 8.53. The summed E-state index contributed by atoms with van der Waals surface area (Å²) in [4.78, 5) is 35.3. The van der Waals surface area contributed by atoms with Crippen molar-refractivity contribution in [3.63, 3.8) is 0 Å². The average molecular weight is 378 g/mol. The van der Waals surface area contributed by atoms with Gasteiger partial charge in [0.2, 0.25) is 6.79 Å². The smallest absolute Gasteiger partial charge is 0.526 e. The average Bonchev–Trinajstić information content (AvgIpc) is 2.53. The molecule has 9 heteroatoms. The molecule has 146 valence electrons. The van der Waals surface area contributed by atoms with Crippen LogP contribution in [0.3, 0.4) is 0 Å². The number of benzene rings is 1. The molecule has 0 aromatic heterocycles. The summed E-state index contributed by atoms with van der Waals surface area (Å²) in [5.41, 5.74) is -0.363. The molecular weight excluding hydrogens is 355 g/mol. The molecule has 0 amide bonds. The van der Waals surface area contributed by atoms with E-state index in [1.165, 1.54) is 13.0 Å². The van der Waals surface area contributed by atoms with Gasteiger partial charge in [0.1, 0.15) is 22.8 Å². The van der Waals surface area contributed by atoms with Gasteiger partial charge in [-0.25, -0.2) is 4.79 Å². The summed E-state index contributed by atoms with van der Waals surface area (Å²) in [6, 6.07) is 2.55. The quantitative estimate of drug-likeness (QED) is 0.453. The minimum atomic E-state index is -1.27. The topological polar surface area (TPSA) is 119 Å². The van der Waals surface area contributed by atoms with E-state index in [4.69, 9.17) is 14.1 Å². The SMILES string of the molecule is CC(=O)C[C@H]1Cc2cc(O)cc(C(=O)OCOC(=O)C(C)(C)C)c2OB1O. The lowest BCUT2D eigenvalue weighted by atomic mass is 9.64. The summed E-state index contributed by atoms with van der Waals surface area (Å²) >= 11 is 0. The minimum absolute atomic E-state index is 0.0762. The van der Waals surface area contributed by atoms with Crippen LogP contribution in [0.15, 0.2) is 12.1 Å². The van der Waals surface area contributed by atoms with E-state index in [-0.39, 0.29) is 35.7 Å². The fourth-order valence-corrected chi connectivity index (χ4v) is 2.69. The predicted molar refractivity (Wildman–Crippen MR) is 95.3 cm³/mol. The van der Waals surface area contributed by atoms with Crippen LogP contribution in [0.5, 0.6) is 11.5 Å². The second kappa shape index (κ2) is 8.00. The Morgan fingerprint density at radius 2 is 1.93 bits per heavy atom. The third-order valence-electron chi connectivity index (χ3n) is 4.04. The molecule has 1 heterocycles. The number of esters is 2. The summed E-state index contributed by atoms with van der Waals surface area (Å²) in [6.45, 7) is 5.81.